The van der Waals surface area contributed by atoms with Gasteiger partial charge in [-0.05, 0) is 39.9 Å². The van der Waals surface area contributed by atoms with Crippen LogP contribution in [0, 0.1) is 5.92 Å². The molecule has 1 saturated heterocycles. The summed E-state index contributed by atoms with van der Waals surface area (Å²) in [5.41, 5.74) is 1.75. The molecule has 1 heterocycles. The number of alkyl carbamates (subject to hydrolysis) is 1. The van der Waals surface area contributed by atoms with Crippen molar-refractivity contribution in [3.63, 3.8) is 0 Å². The largest absolute Gasteiger partial charge is 0.447 e. The number of carbonyl (C=O) groups is 4. The highest BCUT2D eigenvalue weighted by Crippen LogP contribution is 2.37. The molecule has 3 amide bonds. The van der Waals surface area contributed by atoms with E-state index in [9.17, 15) is 19.2 Å². The van der Waals surface area contributed by atoms with Crippen molar-refractivity contribution < 1.29 is 33.1 Å². The predicted molar refractivity (Wildman–Crippen MR) is 198 cm³/mol. The molecule has 4 aromatic rings. The van der Waals surface area contributed by atoms with Crippen LogP contribution in [0.15, 0.2) is 121 Å². The number of nitrogens with one attached hydrogen (secondary N) is 1. The van der Waals surface area contributed by atoms with Crippen LogP contribution < -0.4 is 15.7 Å². The van der Waals surface area contributed by atoms with Gasteiger partial charge in [-0.2, -0.15) is 0 Å². The third-order valence-corrected chi connectivity index (χ3v) is 14.3. The number of imide groups is 1. The van der Waals surface area contributed by atoms with Crippen molar-refractivity contribution in [3.8, 4) is 0 Å². The molecule has 0 aromatic heterocycles. The zero-order valence-electron chi connectivity index (χ0n) is 29.6. The number of hydrogen-bond acceptors (Lipinski definition) is 7. The number of rotatable bonds is 14. The number of amides is 3. The van der Waals surface area contributed by atoms with Crippen molar-refractivity contribution in [3.05, 3.63) is 132 Å². The minimum atomic E-state index is -3.13. The lowest BCUT2D eigenvalue weighted by Gasteiger charge is -2.43. The van der Waals surface area contributed by atoms with Gasteiger partial charge in [-0.25, -0.2) is 14.5 Å². The fraction of sp³-hybridized carbons (Fsp3) is 0.317. The average Bonchev–Trinajstić information content (AvgIpc) is 3.50. The van der Waals surface area contributed by atoms with Crippen LogP contribution in [-0.2, 0) is 36.5 Å². The Labute approximate surface area is 301 Å². The third kappa shape index (κ3) is 9.00. The molecule has 0 radical (unpaired) electrons. The fourth-order valence-corrected chi connectivity index (χ4v) is 11.2. The van der Waals surface area contributed by atoms with Gasteiger partial charge >= 0.3 is 12.2 Å². The molecule has 0 aliphatic carbocycles. The molecule has 4 aromatic carbocycles. The lowest BCUT2D eigenvalue weighted by atomic mass is 9.97. The number of nitrogens with zero attached hydrogens (tertiary/aromatic N) is 1. The predicted octanol–water partition coefficient (Wildman–Crippen LogP) is 6.04. The van der Waals surface area contributed by atoms with Crippen LogP contribution in [0.5, 0.6) is 0 Å². The van der Waals surface area contributed by atoms with Crippen LogP contribution in [0.3, 0.4) is 0 Å². The van der Waals surface area contributed by atoms with Crippen molar-refractivity contribution in [1.29, 1.82) is 0 Å². The van der Waals surface area contributed by atoms with Crippen molar-refractivity contribution >= 4 is 42.6 Å². The molecular formula is C41H46N2O7Si. The zero-order valence-corrected chi connectivity index (χ0v) is 30.6. The molecule has 10 heteroatoms. The molecule has 0 unspecified atom stereocenters. The summed E-state index contributed by atoms with van der Waals surface area (Å²) in [7, 11) is -3.13. The Morgan fingerprint density at radius 2 is 1.33 bits per heavy atom. The van der Waals surface area contributed by atoms with E-state index in [4.69, 9.17) is 13.9 Å². The van der Waals surface area contributed by atoms with Crippen LogP contribution in [0.1, 0.15) is 45.2 Å². The highest BCUT2D eigenvalue weighted by atomic mass is 28.4. The number of Topliss-reactive ketones (excluding diaryl/α,β-unsaturated/α-hetero) is 1. The van der Waals surface area contributed by atoms with Gasteiger partial charge in [0.15, 0.2) is 5.78 Å². The second kappa shape index (κ2) is 16.8. The van der Waals surface area contributed by atoms with Gasteiger partial charge in [-0.3, -0.25) is 9.59 Å². The van der Waals surface area contributed by atoms with Crippen LogP contribution in [0.4, 0.5) is 9.59 Å². The highest BCUT2D eigenvalue weighted by molar-refractivity contribution is 6.99. The van der Waals surface area contributed by atoms with Crippen LogP contribution >= 0.6 is 0 Å². The first-order valence-electron chi connectivity index (χ1n) is 17.3. The summed E-state index contributed by atoms with van der Waals surface area (Å²) in [4.78, 5) is 55.3. The molecule has 1 aliphatic rings. The van der Waals surface area contributed by atoms with Gasteiger partial charge < -0.3 is 19.2 Å². The quantitative estimate of drug-likeness (QED) is 0.159. The Morgan fingerprint density at radius 1 is 0.824 bits per heavy atom. The molecular weight excluding hydrogens is 661 g/mol. The molecule has 0 saturated carbocycles. The fourth-order valence-electron chi connectivity index (χ4n) is 6.61. The first-order chi connectivity index (χ1) is 24.5. The third-order valence-electron chi connectivity index (χ3n) is 9.26. The van der Waals surface area contributed by atoms with E-state index in [-0.39, 0.29) is 26.2 Å². The Morgan fingerprint density at radius 3 is 1.86 bits per heavy atom. The number of benzene rings is 4. The first-order valence-corrected chi connectivity index (χ1v) is 19.2. The molecule has 266 valence electrons. The second-order valence-corrected chi connectivity index (χ2v) is 18.2. The highest BCUT2D eigenvalue weighted by Gasteiger charge is 2.51. The van der Waals surface area contributed by atoms with E-state index in [1.165, 1.54) is 0 Å². The van der Waals surface area contributed by atoms with E-state index in [1.807, 2.05) is 121 Å². The SMILES string of the molecule is C[C@H](NC(=O)OCc1ccccc1)C(=O)C[C@@H](CO[Si](c1ccccc1)(c1ccccc1)C(C)(C)C)C(=O)N1C(=O)OC[C@H]1Cc1ccccc1. The van der Waals surface area contributed by atoms with Crippen LogP contribution in [-0.4, -0.2) is 62.4 Å². The topological polar surface area (TPSA) is 111 Å². The smallest absolute Gasteiger partial charge is 0.416 e. The summed E-state index contributed by atoms with van der Waals surface area (Å²) < 4.78 is 17.9. The van der Waals surface area contributed by atoms with E-state index in [0.717, 1.165) is 26.4 Å². The van der Waals surface area contributed by atoms with Crippen molar-refractivity contribution in [2.24, 2.45) is 5.92 Å². The van der Waals surface area contributed by atoms with Crippen molar-refractivity contribution in [2.75, 3.05) is 13.2 Å². The summed E-state index contributed by atoms with van der Waals surface area (Å²) in [6.07, 6.45) is -1.38. The van der Waals surface area contributed by atoms with Gasteiger partial charge in [0.05, 0.1) is 18.0 Å². The molecule has 3 atom stereocenters. The average molecular weight is 707 g/mol. The first kappa shape index (κ1) is 37.2. The van der Waals surface area contributed by atoms with Crippen LogP contribution in [0.25, 0.3) is 0 Å². The van der Waals surface area contributed by atoms with Gasteiger partial charge in [-0.15, -0.1) is 0 Å². The van der Waals surface area contributed by atoms with Crippen molar-refractivity contribution in [1.82, 2.24) is 10.2 Å². The van der Waals surface area contributed by atoms with Crippen molar-refractivity contribution in [2.45, 2.75) is 64.3 Å². The summed E-state index contributed by atoms with van der Waals surface area (Å²) in [5.74, 6) is -2.00. The number of cyclic esters (lactones) is 1. The van der Waals surface area contributed by atoms with E-state index in [0.29, 0.717) is 6.42 Å². The van der Waals surface area contributed by atoms with E-state index in [1.54, 1.807) is 6.92 Å². The van der Waals surface area contributed by atoms with Crippen LogP contribution in [0.2, 0.25) is 5.04 Å². The van der Waals surface area contributed by atoms with Gasteiger partial charge in [0, 0.05) is 13.0 Å². The summed E-state index contributed by atoms with van der Waals surface area (Å²) >= 11 is 0. The second-order valence-electron chi connectivity index (χ2n) is 13.9. The number of ketones is 1. The molecule has 5 rings (SSSR count). The lowest BCUT2D eigenvalue weighted by Crippen LogP contribution is -2.67. The van der Waals surface area contributed by atoms with Gasteiger partial charge in [0.2, 0.25) is 5.91 Å². The lowest BCUT2D eigenvalue weighted by molar-refractivity contribution is -0.137. The molecule has 0 bridgehead atoms. The summed E-state index contributed by atoms with van der Waals surface area (Å²) in [6, 6.07) is 37.2. The standard InChI is InChI=1S/C41H46N2O7Si/c1-30(42-39(46)48-27-32-19-11-6-12-20-32)37(44)26-33(38(45)43-34(29-49-40(43)47)25-31-17-9-5-10-18-31)28-50-51(41(2,3)4,35-21-13-7-14-22-35)36-23-15-8-16-24-36/h5-24,30,33-34H,25-29H2,1-4H3,(H,42,46)/t30-,33-,34+/m0/s1. The minimum absolute atomic E-state index is 0.0426. The van der Waals surface area contributed by atoms with Gasteiger partial charge in [0.25, 0.3) is 8.32 Å². The van der Waals surface area contributed by atoms with Gasteiger partial charge in [0.1, 0.15) is 13.2 Å². The minimum Gasteiger partial charge on any atom is -0.447 e. The molecule has 1 N–H and O–H groups in total. The molecule has 9 nitrogen and oxygen atoms in total. The zero-order chi connectivity index (χ0) is 36.4. The molecule has 1 aliphatic heterocycles. The van der Waals surface area contributed by atoms with E-state index >= 15 is 0 Å². The summed E-state index contributed by atoms with van der Waals surface area (Å²) in [6.45, 7) is 7.89. The number of ether oxygens (including phenoxy) is 2. The van der Waals surface area contributed by atoms with E-state index in [2.05, 4.69) is 26.1 Å². The Hall–Kier alpha value is -5.06. The number of hydrogen-bond donors (Lipinski definition) is 1. The number of carbonyl (C=O) groups excluding carboxylic acids is 4. The van der Waals surface area contributed by atoms with Gasteiger partial charge in [-0.1, -0.05) is 142 Å². The monoisotopic (exact) mass is 706 g/mol. The molecule has 51 heavy (non-hydrogen) atoms. The Balaban J connectivity index is 1.43. The maximum absolute atomic E-state index is 14.5. The maximum Gasteiger partial charge on any atom is 0.416 e. The Bertz CT molecular complexity index is 1730. The summed E-state index contributed by atoms with van der Waals surface area (Å²) in [5, 5.41) is 4.23. The maximum atomic E-state index is 14.5. The normalized spacial score (nSPS) is 15.8. The Kier molecular flexibility index (Phi) is 12.2. The molecule has 0 spiro atoms. The van der Waals surface area contributed by atoms with E-state index < -0.39 is 55.2 Å². The molecule has 1 fully saturated rings.